The molecular formula is C13H20O4. The van der Waals surface area contributed by atoms with Crippen molar-refractivity contribution in [1.29, 1.82) is 0 Å². The Kier molecular flexibility index (Phi) is 7.76. The maximum absolute atomic E-state index is 11.5. The first-order chi connectivity index (χ1) is 8.08. The highest BCUT2D eigenvalue weighted by Gasteiger charge is 2.19. The monoisotopic (exact) mass is 240 g/mol. The molecule has 0 aliphatic rings. The van der Waals surface area contributed by atoms with Gasteiger partial charge in [-0.2, -0.15) is 0 Å². The van der Waals surface area contributed by atoms with Crippen LogP contribution in [0.1, 0.15) is 32.6 Å². The van der Waals surface area contributed by atoms with E-state index < -0.39 is 11.9 Å². The molecule has 0 spiro atoms. The summed E-state index contributed by atoms with van der Waals surface area (Å²) in [6.07, 6.45) is 5.54. The highest BCUT2D eigenvalue weighted by molar-refractivity contribution is 6.06. The highest BCUT2D eigenvalue weighted by atomic mass is 16.5. The predicted octanol–water partition coefficient (Wildman–Crippen LogP) is 2.40. The third-order valence-electron chi connectivity index (χ3n) is 2.32. The first-order valence-corrected chi connectivity index (χ1v) is 5.64. The third-order valence-corrected chi connectivity index (χ3v) is 2.32. The molecule has 0 aromatic carbocycles. The molecule has 0 unspecified atom stereocenters. The predicted molar refractivity (Wildman–Crippen MR) is 65.4 cm³/mol. The summed E-state index contributed by atoms with van der Waals surface area (Å²) in [6, 6.07) is 0. The molecule has 0 rings (SSSR count). The molecule has 0 saturated carbocycles. The average Bonchev–Trinajstić information content (AvgIpc) is 2.36. The van der Waals surface area contributed by atoms with E-state index in [0.29, 0.717) is 6.42 Å². The van der Waals surface area contributed by atoms with E-state index in [-0.39, 0.29) is 11.1 Å². The van der Waals surface area contributed by atoms with Crippen LogP contribution in [0.5, 0.6) is 0 Å². The molecule has 17 heavy (non-hydrogen) atoms. The highest BCUT2D eigenvalue weighted by Crippen LogP contribution is 2.14. The Morgan fingerprint density at radius 3 is 2.18 bits per heavy atom. The zero-order chi connectivity index (χ0) is 13.3. The molecular weight excluding hydrogens is 220 g/mol. The SMILES string of the molecule is C=C(C(=O)OC)/C(=C\CCCCC)C(=O)OC. The molecule has 0 N–H and O–H groups in total. The molecule has 0 fully saturated rings. The van der Waals surface area contributed by atoms with Gasteiger partial charge in [-0.3, -0.25) is 0 Å². The van der Waals surface area contributed by atoms with E-state index in [1.165, 1.54) is 14.2 Å². The summed E-state index contributed by atoms with van der Waals surface area (Å²) in [6.45, 7) is 5.65. The summed E-state index contributed by atoms with van der Waals surface area (Å²) < 4.78 is 9.14. The smallest absolute Gasteiger partial charge is 0.338 e. The second kappa shape index (κ2) is 8.56. The molecule has 0 atom stereocenters. The van der Waals surface area contributed by atoms with E-state index in [9.17, 15) is 9.59 Å². The molecule has 0 saturated heterocycles. The lowest BCUT2D eigenvalue weighted by Crippen LogP contribution is -2.14. The number of hydrogen-bond donors (Lipinski definition) is 0. The van der Waals surface area contributed by atoms with Gasteiger partial charge in [0.25, 0.3) is 0 Å². The van der Waals surface area contributed by atoms with Crippen LogP contribution in [0.3, 0.4) is 0 Å². The molecule has 0 heterocycles. The molecule has 0 amide bonds. The Balaban J connectivity index is 4.70. The number of methoxy groups -OCH3 is 2. The van der Waals surface area contributed by atoms with E-state index in [2.05, 4.69) is 23.0 Å². The van der Waals surface area contributed by atoms with Gasteiger partial charge in [-0.05, 0) is 12.8 Å². The van der Waals surface area contributed by atoms with Gasteiger partial charge in [0.1, 0.15) is 0 Å². The van der Waals surface area contributed by atoms with Crippen molar-refractivity contribution in [3.05, 3.63) is 23.8 Å². The topological polar surface area (TPSA) is 52.6 Å². The van der Waals surface area contributed by atoms with Crippen LogP contribution in [-0.2, 0) is 19.1 Å². The van der Waals surface area contributed by atoms with Crippen molar-refractivity contribution in [3.8, 4) is 0 Å². The molecule has 4 heteroatoms. The van der Waals surface area contributed by atoms with E-state index in [1.807, 2.05) is 0 Å². The Bertz CT molecular complexity index is 315. The normalized spacial score (nSPS) is 10.9. The first-order valence-electron chi connectivity index (χ1n) is 5.64. The van der Waals surface area contributed by atoms with Crippen LogP contribution in [0, 0.1) is 0 Å². The lowest BCUT2D eigenvalue weighted by Gasteiger charge is -2.07. The quantitative estimate of drug-likeness (QED) is 0.297. The van der Waals surface area contributed by atoms with Crippen LogP contribution in [0.25, 0.3) is 0 Å². The van der Waals surface area contributed by atoms with Gasteiger partial charge in [-0.25, -0.2) is 9.59 Å². The molecule has 4 nitrogen and oxygen atoms in total. The maximum atomic E-state index is 11.5. The number of hydrogen-bond acceptors (Lipinski definition) is 4. The van der Waals surface area contributed by atoms with Crippen molar-refractivity contribution < 1.29 is 19.1 Å². The van der Waals surface area contributed by atoms with E-state index in [1.54, 1.807) is 6.08 Å². The zero-order valence-corrected chi connectivity index (χ0v) is 10.7. The maximum Gasteiger partial charge on any atom is 0.338 e. The van der Waals surface area contributed by atoms with E-state index >= 15 is 0 Å². The van der Waals surface area contributed by atoms with Crippen LogP contribution in [-0.4, -0.2) is 26.2 Å². The minimum absolute atomic E-state index is 0.0378. The number of carbonyl (C=O) groups is 2. The Morgan fingerprint density at radius 1 is 1.12 bits per heavy atom. The molecule has 96 valence electrons. The summed E-state index contributed by atoms with van der Waals surface area (Å²) >= 11 is 0. The van der Waals surface area contributed by atoms with Gasteiger partial charge in [0.15, 0.2) is 0 Å². The summed E-state index contributed by atoms with van der Waals surface area (Å²) in [5.74, 6) is -1.17. The number of allylic oxidation sites excluding steroid dienone is 1. The number of ether oxygens (including phenoxy) is 2. The van der Waals surface area contributed by atoms with Crippen LogP contribution in [0.15, 0.2) is 23.8 Å². The lowest BCUT2D eigenvalue weighted by molar-refractivity contribution is -0.139. The fourth-order valence-corrected chi connectivity index (χ4v) is 1.31. The number of carbonyl (C=O) groups excluding carboxylic acids is 2. The van der Waals surface area contributed by atoms with Crippen LogP contribution >= 0.6 is 0 Å². The Labute approximate surface area is 102 Å². The van der Waals surface area contributed by atoms with Gasteiger partial charge in [0, 0.05) is 0 Å². The lowest BCUT2D eigenvalue weighted by atomic mass is 10.1. The van der Waals surface area contributed by atoms with Crippen molar-refractivity contribution in [3.63, 3.8) is 0 Å². The van der Waals surface area contributed by atoms with Gasteiger partial charge in [0.2, 0.25) is 0 Å². The van der Waals surface area contributed by atoms with Crippen molar-refractivity contribution >= 4 is 11.9 Å². The fourth-order valence-electron chi connectivity index (χ4n) is 1.31. The molecule has 0 aliphatic heterocycles. The fraction of sp³-hybridized carbons (Fsp3) is 0.538. The largest absolute Gasteiger partial charge is 0.465 e. The van der Waals surface area contributed by atoms with Gasteiger partial charge in [-0.15, -0.1) is 0 Å². The van der Waals surface area contributed by atoms with Gasteiger partial charge in [-0.1, -0.05) is 32.4 Å². The minimum atomic E-state index is -0.614. The van der Waals surface area contributed by atoms with Crippen molar-refractivity contribution in [2.75, 3.05) is 14.2 Å². The molecule has 0 aromatic rings. The summed E-state index contributed by atoms with van der Waals surface area (Å²) in [7, 11) is 2.52. The Hall–Kier alpha value is -1.58. The molecule has 0 radical (unpaired) electrons. The number of rotatable bonds is 7. The van der Waals surface area contributed by atoms with Gasteiger partial charge < -0.3 is 9.47 Å². The van der Waals surface area contributed by atoms with Gasteiger partial charge >= 0.3 is 11.9 Å². The second-order valence-corrected chi connectivity index (χ2v) is 3.58. The summed E-state index contributed by atoms with van der Waals surface area (Å²) in [4.78, 5) is 22.8. The number of unbranched alkanes of at least 4 members (excludes halogenated alkanes) is 3. The van der Waals surface area contributed by atoms with E-state index in [0.717, 1.165) is 19.3 Å². The molecule has 0 aliphatic carbocycles. The average molecular weight is 240 g/mol. The Morgan fingerprint density at radius 2 is 1.71 bits per heavy atom. The summed E-state index contributed by atoms with van der Waals surface area (Å²) in [5, 5.41) is 0. The third kappa shape index (κ3) is 5.33. The second-order valence-electron chi connectivity index (χ2n) is 3.58. The van der Waals surface area contributed by atoms with Crippen molar-refractivity contribution in [2.45, 2.75) is 32.6 Å². The number of esters is 2. The molecule has 0 aromatic heterocycles. The van der Waals surface area contributed by atoms with Crippen LogP contribution in [0.4, 0.5) is 0 Å². The van der Waals surface area contributed by atoms with Crippen molar-refractivity contribution in [1.82, 2.24) is 0 Å². The van der Waals surface area contributed by atoms with Crippen molar-refractivity contribution in [2.24, 2.45) is 0 Å². The van der Waals surface area contributed by atoms with Crippen LogP contribution in [0.2, 0.25) is 0 Å². The summed E-state index contributed by atoms with van der Waals surface area (Å²) in [5.41, 5.74) is 0.228. The van der Waals surface area contributed by atoms with Crippen LogP contribution < -0.4 is 0 Å². The standard InChI is InChI=1S/C13H20O4/c1-5-6-7-8-9-11(13(15)17-4)10(2)12(14)16-3/h9H,2,5-8H2,1,3-4H3/b11-9+. The van der Waals surface area contributed by atoms with E-state index in [4.69, 9.17) is 0 Å². The molecule has 0 bridgehead atoms. The zero-order valence-electron chi connectivity index (χ0n) is 10.7. The first kappa shape index (κ1) is 15.4. The van der Waals surface area contributed by atoms with Gasteiger partial charge in [0.05, 0.1) is 25.4 Å². The minimum Gasteiger partial charge on any atom is -0.465 e.